The number of hydrogen-bond acceptors (Lipinski definition) is 6. The van der Waals surface area contributed by atoms with Crippen LogP contribution in [0, 0.1) is 6.92 Å². The van der Waals surface area contributed by atoms with Crippen molar-refractivity contribution in [2.45, 2.75) is 6.92 Å². The predicted octanol–water partition coefficient (Wildman–Crippen LogP) is 5.62. The average Bonchev–Trinajstić information content (AvgIpc) is 3.39. The third kappa shape index (κ3) is 2.43. The Morgan fingerprint density at radius 1 is 1.00 bits per heavy atom. The fourth-order valence-electron chi connectivity index (χ4n) is 2.84. The van der Waals surface area contributed by atoms with Crippen molar-refractivity contribution in [2.75, 3.05) is 0 Å². The Hall–Kier alpha value is -2.35. The first-order chi connectivity index (χ1) is 12.3. The summed E-state index contributed by atoms with van der Waals surface area (Å²) in [6.07, 6.45) is 3.83. The molecule has 122 valence electrons. The van der Waals surface area contributed by atoms with Crippen molar-refractivity contribution in [2.24, 2.45) is 0 Å². The number of aromatic nitrogens is 4. The Kier molecular flexibility index (Phi) is 3.51. The van der Waals surface area contributed by atoms with E-state index in [4.69, 9.17) is 4.98 Å². The fraction of sp³-hybridized carbons (Fsp3) is 0.0556. The molecule has 0 N–H and O–H groups in total. The molecule has 0 unspecified atom stereocenters. The minimum Gasteiger partial charge on any atom is -0.244 e. The van der Waals surface area contributed by atoms with Gasteiger partial charge in [0.2, 0.25) is 0 Å². The predicted molar refractivity (Wildman–Crippen MR) is 105 cm³/mol. The van der Waals surface area contributed by atoms with Crippen molar-refractivity contribution in [3.05, 3.63) is 59.2 Å². The molecule has 4 heterocycles. The van der Waals surface area contributed by atoms with E-state index in [0.29, 0.717) is 0 Å². The number of thiazole rings is 3. The van der Waals surface area contributed by atoms with Crippen LogP contribution in [-0.4, -0.2) is 19.6 Å². The molecule has 1 aromatic carbocycles. The highest BCUT2D eigenvalue weighted by Gasteiger charge is 2.21. The van der Waals surface area contributed by atoms with Gasteiger partial charge in [-0.05, 0) is 6.92 Å². The fourth-order valence-corrected chi connectivity index (χ4v) is 5.70. The zero-order valence-electron chi connectivity index (χ0n) is 13.2. The summed E-state index contributed by atoms with van der Waals surface area (Å²) in [6.45, 7) is 2.04. The molecule has 0 amide bonds. The van der Waals surface area contributed by atoms with Gasteiger partial charge in [0.1, 0.15) is 14.8 Å². The Morgan fingerprint density at radius 3 is 2.68 bits per heavy atom. The number of nitrogens with zero attached hydrogens (tertiary/aromatic N) is 4. The van der Waals surface area contributed by atoms with E-state index in [1.54, 1.807) is 34.0 Å². The van der Waals surface area contributed by atoms with E-state index in [9.17, 15) is 0 Å². The molecule has 25 heavy (non-hydrogen) atoms. The van der Waals surface area contributed by atoms with Crippen molar-refractivity contribution in [3.63, 3.8) is 0 Å². The van der Waals surface area contributed by atoms with Crippen LogP contribution in [0.4, 0.5) is 0 Å². The van der Waals surface area contributed by atoms with Crippen molar-refractivity contribution >= 4 is 38.8 Å². The molecule has 4 nitrogen and oxygen atoms in total. The van der Waals surface area contributed by atoms with Gasteiger partial charge in [0.15, 0.2) is 0 Å². The Bertz CT molecular complexity index is 1150. The van der Waals surface area contributed by atoms with Crippen LogP contribution in [-0.2, 0) is 0 Å². The Labute approximate surface area is 156 Å². The van der Waals surface area contributed by atoms with Crippen LogP contribution >= 0.6 is 34.0 Å². The number of hydrogen-bond donors (Lipinski definition) is 0. The molecule has 5 aromatic rings. The quantitative estimate of drug-likeness (QED) is 0.408. The van der Waals surface area contributed by atoms with Crippen molar-refractivity contribution in [1.82, 2.24) is 19.6 Å². The molecule has 0 saturated carbocycles. The van der Waals surface area contributed by atoms with Crippen LogP contribution in [0.3, 0.4) is 0 Å². The lowest BCUT2D eigenvalue weighted by atomic mass is 10.1. The van der Waals surface area contributed by atoms with Crippen molar-refractivity contribution in [3.8, 4) is 31.7 Å². The number of benzene rings is 1. The van der Waals surface area contributed by atoms with Crippen LogP contribution in [0.1, 0.15) is 5.69 Å². The molecule has 0 radical (unpaired) electrons. The number of rotatable bonds is 3. The van der Waals surface area contributed by atoms with E-state index in [0.717, 1.165) is 42.2 Å². The third-order valence-electron chi connectivity index (χ3n) is 3.94. The van der Waals surface area contributed by atoms with Gasteiger partial charge < -0.3 is 0 Å². The van der Waals surface area contributed by atoms with Gasteiger partial charge in [0.05, 0.1) is 21.8 Å². The van der Waals surface area contributed by atoms with E-state index in [-0.39, 0.29) is 0 Å². The van der Waals surface area contributed by atoms with Crippen LogP contribution < -0.4 is 0 Å². The smallest absolute Gasteiger partial charge is 0.135 e. The molecule has 0 saturated heterocycles. The summed E-state index contributed by atoms with van der Waals surface area (Å²) in [6, 6.07) is 10.3. The van der Waals surface area contributed by atoms with Crippen LogP contribution in [0.2, 0.25) is 0 Å². The average molecular weight is 381 g/mol. The molecular weight excluding hydrogens is 368 g/mol. The first-order valence-electron chi connectivity index (χ1n) is 7.70. The van der Waals surface area contributed by atoms with Gasteiger partial charge in [-0.3, -0.25) is 0 Å². The third-order valence-corrected chi connectivity index (χ3v) is 6.81. The van der Waals surface area contributed by atoms with Gasteiger partial charge in [-0.2, -0.15) is 5.10 Å². The van der Waals surface area contributed by atoms with E-state index < -0.39 is 0 Å². The maximum absolute atomic E-state index is 5.01. The van der Waals surface area contributed by atoms with E-state index in [1.807, 2.05) is 47.4 Å². The maximum atomic E-state index is 5.01. The molecule has 0 atom stereocenters. The summed E-state index contributed by atoms with van der Waals surface area (Å²) in [5, 5.41) is 10.7. The van der Waals surface area contributed by atoms with Gasteiger partial charge in [0.25, 0.3) is 0 Å². The number of aryl methyl sites for hydroxylation is 1. The van der Waals surface area contributed by atoms with Crippen molar-refractivity contribution in [1.29, 1.82) is 0 Å². The van der Waals surface area contributed by atoms with Gasteiger partial charge in [0, 0.05) is 28.7 Å². The minimum atomic E-state index is 0.992. The van der Waals surface area contributed by atoms with Crippen molar-refractivity contribution < 1.29 is 0 Å². The SMILES string of the molecule is Cc1nn2ccsc2c1-c1nc(-c2ccccc2)c(-c2nccs2)s1. The highest BCUT2D eigenvalue weighted by molar-refractivity contribution is 7.23. The highest BCUT2D eigenvalue weighted by Crippen LogP contribution is 2.43. The minimum absolute atomic E-state index is 0.992. The summed E-state index contributed by atoms with van der Waals surface area (Å²) in [7, 11) is 0. The lowest BCUT2D eigenvalue weighted by Gasteiger charge is -1.99. The van der Waals surface area contributed by atoms with E-state index in [1.165, 1.54) is 0 Å². The van der Waals surface area contributed by atoms with Crippen LogP contribution in [0.15, 0.2) is 53.5 Å². The number of fused-ring (bicyclic) bond motifs is 1. The van der Waals surface area contributed by atoms with Crippen LogP contribution in [0.5, 0.6) is 0 Å². The lowest BCUT2D eigenvalue weighted by Crippen LogP contribution is -1.82. The monoisotopic (exact) mass is 380 g/mol. The molecule has 0 aliphatic carbocycles. The molecule has 5 rings (SSSR count). The summed E-state index contributed by atoms with van der Waals surface area (Å²) in [5.41, 5.74) is 4.24. The topological polar surface area (TPSA) is 43.1 Å². The molecule has 0 aliphatic rings. The second kappa shape index (κ2) is 5.87. The summed E-state index contributed by atoms with van der Waals surface area (Å²) >= 11 is 5.03. The van der Waals surface area contributed by atoms with Crippen LogP contribution in [0.25, 0.3) is 36.5 Å². The zero-order chi connectivity index (χ0) is 16.8. The van der Waals surface area contributed by atoms with Gasteiger partial charge in [-0.25, -0.2) is 14.5 Å². The van der Waals surface area contributed by atoms with Gasteiger partial charge >= 0.3 is 0 Å². The summed E-state index contributed by atoms with van der Waals surface area (Å²) in [4.78, 5) is 11.8. The summed E-state index contributed by atoms with van der Waals surface area (Å²) in [5.74, 6) is 0. The van der Waals surface area contributed by atoms with E-state index >= 15 is 0 Å². The first kappa shape index (κ1) is 14.9. The molecular formula is C18H12N4S3. The van der Waals surface area contributed by atoms with Gasteiger partial charge in [-0.15, -0.1) is 34.0 Å². The standard InChI is InChI=1S/C18H12N4S3/c1-11-13(18-22(21-11)8-10-24-18)16-20-14(12-5-3-2-4-6-12)15(25-16)17-19-7-9-23-17/h2-10H,1H3. The lowest BCUT2D eigenvalue weighted by molar-refractivity contribution is 0.948. The summed E-state index contributed by atoms with van der Waals surface area (Å²) < 4.78 is 1.93. The Balaban J connectivity index is 1.77. The molecule has 0 spiro atoms. The molecule has 7 heteroatoms. The Morgan fingerprint density at radius 2 is 1.88 bits per heavy atom. The molecule has 0 aliphatic heterocycles. The van der Waals surface area contributed by atoms with E-state index in [2.05, 4.69) is 27.6 Å². The molecule has 0 fully saturated rings. The maximum Gasteiger partial charge on any atom is 0.135 e. The first-order valence-corrected chi connectivity index (χ1v) is 10.3. The molecule has 4 aromatic heterocycles. The molecule has 0 bridgehead atoms. The zero-order valence-corrected chi connectivity index (χ0v) is 15.7. The highest BCUT2D eigenvalue weighted by atomic mass is 32.1. The second-order valence-corrected chi connectivity index (χ2v) is 8.30. The largest absolute Gasteiger partial charge is 0.244 e. The normalized spacial score (nSPS) is 11.4. The van der Waals surface area contributed by atoms with Gasteiger partial charge in [-0.1, -0.05) is 30.3 Å². The second-order valence-electron chi connectivity index (χ2n) is 5.51.